The summed E-state index contributed by atoms with van der Waals surface area (Å²) in [6.07, 6.45) is 3.24. The van der Waals surface area contributed by atoms with Crippen molar-refractivity contribution in [2.45, 2.75) is 6.92 Å². The van der Waals surface area contributed by atoms with E-state index in [4.69, 9.17) is 16.3 Å². The summed E-state index contributed by atoms with van der Waals surface area (Å²) in [6, 6.07) is 7.20. The molecule has 0 spiro atoms. The number of hydrogen-bond donors (Lipinski definition) is 3. The zero-order valence-electron chi connectivity index (χ0n) is 12.6. The zero-order chi connectivity index (χ0) is 16.2. The molecule has 8 heteroatoms. The Morgan fingerprint density at radius 3 is 2.57 bits per heavy atom. The second-order valence-corrected chi connectivity index (χ2v) is 5.26. The van der Waals surface area contributed by atoms with Gasteiger partial charge in [-0.15, -0.1) is 0 Å². The third kappa shape index (κ3) is 3.70. The molecule has 0 fully saturated rings. The minimum absolute atomic E-state index is 0.572. The third-order valence-corrected chi connectivity index (χ3v) is 3.26. The standard InChI is InChI=1S/C15H15ClN6O/c1-9-5-13(22-21-9)19-15-8-17-7-14(20-15)18-11-4-3-10(16)6-12(11)23-2/h3-8H,1-2H3,(H3,18,19,20,21,22). The lowest BCUT2D eigenvalue weighted by Gasteiger charge is -2.11. The second kappa shape index (κ2) is 6.53. The molecule has 3 aromatic rings. The number of methoxy groups -OCH3 is 1. The van der Waals surface area contributed by atoms with Crippen LogP contribution in [0.15, 0.2) is 36.7 Å². The quantitative estimate of drug-likeness (QED) is 0.661. The molecule has 3 rings (SSSR count). The van der Waals surface area contributed by atoms with Gasteiger partial charge in [0.2, 0.25) is 0 Å². The molecule has 118 valence electrons. The van der Waals surface area contributed by atoms with Crippen molar-refractivity contribution in [3.8, 4) is 5.75 Å². The summed E-state index contributed by atoms with van der Waals surface area (Å²) in [5.41, 5.74) is 1.71. The van der Waals surface area contributed by atoms with Crippen molar-refractivity contribution in [3.63, 3.8) is 0 Å². The molecule has 0 aliphatic heterocycles. The first-order chi connectivity index (χ1) is 11.1. The van der Waals surface area contributed by atoms with Gasteiger partial charge < -0.3 is 15.4 Å². The zero-order valence-corrected chi connectivity index (χ0v) is 13.3. The smallest absolute Gasteiger partial charge is 0.153 e. The summed E-state index contributed by atoms with van der Waals surface area (Å²) in [4.78, 5) is 8.61. The molecule has 0 aliphatic rings. The summed E-state index contributed by atoms with van der Waals surface area (Å²) in [5, 5.41) is 13.8. The van der Waals surface area contributed by atoms with Gasteiger partial charge in [-0.1, -0.05) is 11.6 Å². The topological polar surface area (TPSA) is 87.8 Å². The van der Waals surface area contributed by atoms with Gasteiger partial charge in [0, 0.05) is 22.8 Å². The normalized spacial score (nSPS) is 10.4. The monoisotopic (exact) mass is 330 g/mol. The van der Waals surface area contributed by atoms with Crippen molar-refractivity contribution in [1.82, 2.24) is 20.2 Å². The molecule has 0 atom stereocenters. The Morgan fingerprint density at radius 1 is 1.09 bits per heavy atom. The Labute approximate surface area is 138 Å². The molecule has 0 bridgehead atoms. The average Bonchev–Trinajstić information content (AvgIpc) is 2.94. The number of nitrogens with zero attached hydrogens (tertiary/aromatic N) is 3. The highest BCUT2D eigenvalue weighted by Crippen LogP contribution is 2.30. The van der Waals surface area contributed by atoms with E-state index in [1.807, 2.05) is 19.1 Å². The number of aromatic amines is 1. The number of hydrogen-bond acceptors (Lipinski definition) is 6. The van der Waals surface area contributed by atoms with Crippen LogP contribution in [0.2, 0.25) is 5.02 Å². The lowest BCUT2D eigenvalue weighted by atomic mass is 10.3. The molecule has 0 radical (unpaired) electrons. The van der Waals surface area contributed by atoms with E-state index in [0.717, 1.165) is 11.4 Å². The predicted octanol–water partition coefficient (Wildman–Crippen LogP) is 3.66. The molecule has 3 N–H and O–H groups in total. The van der Waals surface area contributed by atoms with Crippen LogP contribution >= 0.6 is 11.6 Å². The first-order valence-corrected chi connectivity index (χ1v) is 7.23. The predicted molar refractivity (Wildman–Crippen MR) is 89.9 cm³/mol. The maximum Gasteiger partial charge on any atom is 0.153 e. The molecule has 7 nitrogen and oxygen atoms in total. The second-order valence-electron chi connectivity index (χ2n) is 4.82. The number of nitrogens with one attached hydrogen (secondary N) is 3. The van der Waals surface area contributed by atoms with Crippen molar-refractivity contribution in [3.05, 3.63) is 47.4 Å². The number of aryl methyl sites for hydroxylation is 1. The molecule has 23 heavy (non-hydrogen) atoms. The Kier molecular flexibility index (Phi) is 4.29. The Bertz CT molecular complexity index is 819. The number of benzene rings is 1. The van der Waals surface area contributed by atoms with E-state index in [1.165, 1.54) is 0 Å². The van der Waals surface area contributed by atoms with Crippen LogP contribution in [0.4, 0.5) is 23.1 Å². The molecule has 0 amide bonds. The highest BCUT2D eigenvalue weighted by molar-refractivity contribution is 6.30. The van der Waals surface area contributed by atoms with Gasteiger partial charge in [-0.25, -0.2) is 4.98 Å². The van der Waals surface area contributed by atoms with Crippen molar-refractivity contribution < 1.29 is 4.74 Å². The van der Waals surface area contributed by atoms with Gasteiger partial charge in [0.15, 0.2) is 17.5 Å². The van der Waals surface area contributed by atoms with Crippen LogP contribution in [-0.2, 0) is 0 Å². The summed E-state index contributed by atoms with van der Waals surface area (Å²) < 4.78 is 5.30. The molecule has 0 saturated carbocycles. The average molecular weight is 331 g/mol. The highest BCUT2D eigenvalue weighted by atomic mass is 35.5. The van der Waals surface area contributed by atoms with E-state index in [1.54, 1.807) is 31.6 Å². The van der Waals surface area contributed by atoms with Crippen LogP contribution < -0.4 is 15.4 Å². The van der Waals surface area contributed by atoms with Gasteiger partial charge in [0.1, 0.15) is 5.75 Å². The molecule has 0 saturated heterocycles. The van der Waals surface area contributed by atoms with Crippen LogP contribution in [0, 0.1) is 6.92 Å². The Morgan fingerprint density at radius 2 is 1.87 bits per heavy atom. The molecule has 0 unspecified atom stereocenters. The van der Waals surface area contributed by atoms with Gasteiger partial charge in [-0.05, 0) is 19.1 Å². The van der Waals surface area contributed by atoms with Crippen molar-refractivity contribution in [2.75, 3.05) is 17.7 Å². The van der Waals surface area contributed by atoms with Crippen LogP contribution in [0.3, 0.4) is 0 Å². The lowest BCUT2D eigenvalue weighted by Crippen LogP contribution is -2.00. The van der Waals surface area contributed by atoms with Crippen molar-refractivity contribution >= 4 is 34.7 Å². The first kappa shape index (κ1) is 15.1. The number of anilines is 4. The fourth-order valence-electron chi connectivity index (χ4n) is 2.01. The molecule has 0 aliphatic carbocycles. The van der Waals surface area contributed by atoms with Crippen LogP contribution in [0.25, 0.3) is 0 Å². The van der Waals surface area contributed by atoms with Crippen LogP contribution in [0.5, 0.6) is 5.75 Å². The number of H-pyrrole nitrogens is 1. The summed E-state index contributed by atoms with van der Waals surface area (Å²) in [6.45, 7) is 1.93. The maximum absolute atomic E-state index is 5.96. The number of aromatic nitrogens is 4. The number of ether oxygens (including phenoxy) is 1. The van der Waals surface area contributed by atoms with Crippen molar-refractivity contribution in [2.24, 2.45) is 0 Å². The van der Waals surface area contributed by atoms with E-state index >= 15 is 0 Å². The Balaban J connectivity index is 1.80. The fourth-order valence-corrected chi connectivity index (χ4v) is 2.17. The minimum atomic E-state index is 0.572. The maximum atomic E-state index is 5.96. The molecule has 2 aromatic heterocycles. The van der Waals surface area contributed by atoms with E-state index < -0.39 is 0 Å². The molecule has 2 heterocycles. The summed E-state index contributed by atoms with van der Waals surface area (Å²) >= 11 is 5.96. The molecular formula is C15H15ClN6O. The lowest BCUT2D eigenvalue weighted by molar-refractivity contribution is 0.417. The van der Waals surface area contributed by atoms with Crippen molar-refractivity contribution in [1.29, 1.82) is 0 Å². The molecule has 1 aromatic carbocycles. The SMILES string of the molecule is COc1cc(Cl)ccc1Nc1cncc(Nc2cc(C)[nH]n2)n1. The fraction of sp³-hybridized carbons (Fsp3) is 0.133. The van der Waals surface area contributed by atoms with Gasteiger partial charge in [0.05, 0.1) is 25.2 Å². The van der Waals surface area contributed by atoms with Gasteiger partial charge in [-0.2, -0.15) is 5.10 Å². The van der Waals surface area contributed by atoms with Gasteiger partial charge in [0.25, 0.3) is 0 Å². The van der Waals surface area contributed by atoms with Crippen LogP contribution in [-0.4, -0.2) is 27.3 Å². The largest absolute Gasteiger partial charge is 0.495 e. The third-order valence-electron chi connectivity index (χ3n) is 3.02. The van der Waals surface area contributed by atoms with Crippen LogP contribution in [0.1, 0.15) is 5.69 Å². The van der Waals surface area contributed by atoms with E-state index in [-0.39, 0.29) is 0 Å². The molecular weight excluding hydrogens is 316 g/mol. The van der Waals surface area contributed by atoms with E-state index in [0.29, 0.717) is 28.2 Å². The van der Waals surface area contributed by atoms with E-state index in [9.17, 15) is 0 Å². The minimum Gasteiger partial charge on any atom is -0.495 e. The number of halogens is 1. The summed E-state index contributed by atoms with van der Waals surface area (Å²) in [5.74, 6) is 2.45. The van der Waals surface area contributed by atoms with E-state index in [2.05, 4.69) is 30.8 Å². The van der Waals surface area contributed by atoms with Gasteiger partial charge in [-0.3, -0.25) is 10.1 Å². The Hall–Kier alpha value is -2.80. The van der Waals surface area contributed by atoms with Gasteiger partial charge >= 0.3 is 0 Å². The number of rotatable bonds is 5. The summed E-state index contributed by atoms with van der Waals surface area (Å²) in [7, 11) is 1.58. The first-order valence-electron chi connectivity index (χ1n) is 6.85. The highest BCUT2D eigenvalue weighted by Gasteiger charge is 2.07.